The quantitative estimate of drug-likeness (QED) is 0.472. The molecular formula is C20H21IN2O4. The van der Waals surface area contributed by atoms with Crippen molar-refractivity contribution < 1.29 is 19.1 Å². The average molecular weight is 480 g/mol. The van der Waals surface area contributed by atoms with Crippen molar-refractivity contribution in [2.45, 2.75) is 20.3 Å². The summed E-state index contributed by atoms with van der Waals surface area (Å²) in [6, 6.07) is 12.8. The summed E-state index contributed by atoms with van der Waals surface area (Å²) in [5.41, 5.74) is 3.18. The molecule has 0 aromatic heterocycles. The SMILES string of the molecule is CCc1cccc(C)c1NC(=O)COC(=O)CNC(=O)c1ccccc1I. The fraction of sp³-hybridized carbons (Fsp3) is 0.250. The number of anilines is 1. The van der Waals surface area contributed by atoms with E-state index in [0.29, 0.717) is 5.56 Å². The lowest BCUT2D eigenvalue weighted by Crippen LogP contribution is -2.32. The van der Waals surface area contributed by atoms with E-state index in [-0.39, 0.29) is 12.5 Å². The van der Waals surface area contributed by atoms with Crippen LogP contribution in [0.2, 0.25) is 0 Å². The van der Waals surface area contributed by atoms with E-state index in [2.05, 4.69) is 10.6 Å². The number of esters is 1. The van der Waals surface area contributed by atoms with Crippen molar-refractivity contribution in [2.24, 2.45) is 0 Å². The largest absolute Gasteiger partial charge is 0.454 e. The van der Waals surface area contributed by atoms with Crippen molar-refractivity contribution in [3.8, 4) is 0 Å². The zero-order valence-corrected chi connectivity index (χ0v) is 17.3. The Labute approximate surface area is 171 Å². The van der Waals surface area contributed by atoms with E-state index in [0.717, 1.165) is 26.8 Å². The van der Waals surface area contributed by atoms with Crippen LogP contribution in [-0.2, 0) is 20.7 Å². The highest BCUT2D eigenvalue weighted by molar-refractivity contribution is 14.1. The molecule has 7 heteroatoms. The third-order valence-electron chi connectivity index (χ3n) is 3.88. The number of ether oxygens (including phenoxy) is 1. The minimum Gasteiger partial charge on any atom is -0.454 e. The Kier molecular flexibility index (Phi) is 7.78. The highest BCUT2D eigenvalue weighted by Crippen LogP contribution is 2.20. The molecular weight excluding hydrogens is 459 g/mol. The lowest BCUT2D eigenvalue weighted by molar-refractivity contribution is -0.146. The van der Waals surface area contributed by atoms with Gasteiger partial charge in [0.05, 0.1) is 5.56 Å². The molecule has 0 heterocycles. The lowest BCUT2D eigenvalue weighted by atomic mass is 10.1. The summed E-state index contributed by atoms with van der Waals surface area (Å²) in [6.45, 7) is 3.19. The van der Waals surface area contributed by atoms with Crippen LogP contribution in [0.3, 0.4) is 0 Å². The standard InChI is InChI=1S/C20H21IN2O4/c1-3-14-8-6-7-13(2)19(14)23-17(24)12-27-18(25)11-22-20(26)15-9-4-5-10-16(15)21/h4-10H,3,11-12H2,1-2H3,(H,22,26)(H,23,24). The first-order valence-electron chi connectivity index (χ1n) is 8.49. The van der Waals surface area contributed by atoms with Crippen LogP contribution in [0, 0.1) is 10.5 Å². The predicted octanol–water partition coefficient (Wildman–Crippen LogP) is 3.07. The minimum atomic E-state index is -0.676. The summed E-state index contributed by atoms with van der Waals surface area (Å²) in [5, 5.41) is 5.27. The van der Waals surface area contributed by atoms with E-state index < -0.39 is 18.5 Å². The number of amides is 2. The number of hydrogen-bond acceptors (Lipinski definition) is 4. The molecule has 27 heavy (non-hydrogen) atoms. The molecule has 2 aromatic rings. The number of carbonyl (C=O) groups is 3. The van der Waals surface area contributed by atoms with Crippen LogP contribution in [0.15, 0.2) is 42.5 Å². The van der Waals surface area contributed by atoms with Crippen LogP contribution in [-0.4, -0.2) is 30.9 Å². The van der Waals surface area contributed by atoms with Gasteiger partial charge in [0.2, 0.25) is 0 Å². The molecule has 0 aliphatic heterocycles. The molecule has 2 N–H and O–H groups in total. The average Bonchev–Trinajstić information content (AvgIpc) is 2.66. The maximum Gasteiger partial charge on any atom is 0.325 e. The van der Waals surface area contributed by atoms with E-state index in [1.54, 1.807) is 18.2 Å². The molecule has 0 spiro atoms. The van der Waals surface area contributed by atoms with E-state index in [1.165, 1.54) is 0 Å². The second-order valence-electron chi connectivity index (χ2n) is 5.83. The summed E-state index contributed by atoms with van der Waals surface area (Å²) in [6.07, 6.45) is 0.779. The van der Waals surface area contributed by atoms with E-state index in [4.69, 9.17) is 4.74 Å². The molecule has 0 aliphatic carbocycles. The van der Waals surface area contributed by atoms with Crippen LogP contribution in [0.25, 0.3) is 0 Å². The van der Waals surface area contributed by atoms with Crippen LogP contribution in [0.1, 0.15) is 28.4 Å². The van der Waals surface area contributed by atoms with Gasteiger partial charge >= 0.3 is 5.97 Å². The van der Waals surface area contributed by atoms with Crippen molar-refractivity contribution in [3.63, 3.8) is 0 Å². The molecule has 0 aliphatic rings. The summed E-state index contributed by atoms with van der Waals surface area (Å²) in [4.78, 5) is 35.9. The van der Waals surface area contributed by atoms with Crippen molar-refractivity contribution in [2.75, 3.05) is 18.5 Å². The number of rotatable bonds is 7. The topological polar surface area (TPSA) is 84.5 Å². The smallest absolute Gasteiger partial charge is 0.325 e. The predicted molar refractivity (Wildman–Crippen MR) is 112 cm³/mol. The van der Waals surface area contributed by atoms with Crippen molar-refractivity contribution in [3.05, 3.63) is 62.7 Å². The zero-order chi connectivity index (χ0) is 19.8. The zero-order valence-electron chi connectivity index (χ0n) is 15.2. The Balaban J connectivity index is 1.81. The summed E-state index contributed by atoms with van der Waals surface area (Å²) in [5.74, 6) is -1.46. The Hall–Kier alpha value is -2.42. The Morgan fingerprint density at radius 2 is 1.81 bits per heavy atom. The van der Waals surface area contributed by atoms with Gasteiger partial charge in [-0.25, -0.2) is 0 Å². The number of carbonyl (C=O) groups excluding carboxylic acids is 3. The minimum absolute atomic E-state index is 0.304. The molecule has 0 atom stereocenters. The van der Waals surface area contributed by atoms with Crippen LogP contribution >= 0.6 is 22.6 Å². The molecule has 2 rings (SSSR count). The first-order chi connectivity index (χ1) is 12.9. The van der Waals surface area contributed by atoms with Gasteiger partial charge in [0.1, 0.15) is 6.54 Å². The monoisotopic (exact) mass is 480 g/mol. The maximum atomic E-state index is 12.1. The molecule has 0 radical (unpaired) electrons. The van der Waals surface area contributed by atoms with Gasteiger partial charge in [0.25, 0.3) is 11.8 Å². The molecule has 0 saturated carbocycles. The van der Waals surface area contributed by atoms with Gasteiger partial charge in [0, 0.05) is 9.26 Å². The maximum absolute atomic E-state index is 12.1. The molecule has 2 aromatic carbocycles. The highest BCUT2D eigenvalue weighted by atomic mass is 127. The van der Waals surface area contributed by atoms with Crippen molar-refractivity contribution in [1.82, 2.24) is 5.32 Å². The van der Waals surface area contributed by atoms with Gasteiger partial charge in [-0.1, -0.05) is 37.3 Å². The molecule has 142 valence electrons. The third kappa shape index (κ3) is 6.06. The van der Waals surface area contributed by atoms with Crippen LogP contribution in [0.5, 0.6) is 0 Å². The second-order valence-corrected chi connectivity index (χ2v) is 7.00. The first-order valence-corrected chi connectivity index (χ1v) is 9.57. The first kappa shape index (κ1) is 20.9. The number of benzene rings is 2. The van der Waals surface area contributed by atoms with Gasteiger partial charge in [-0.15, -0.1) is 0 Å². The Morgan fingerprint density at radius 3 is 2.52 bits per heavy atom. The third-order valence-corrected chi connectivity index (χ3v) is 4.82. The lowest BCUT2D eigenvalue weighted by Gasteiger charge is -2.13. The molecule has 6 nitrogen and oxygen atoms in total. The Bertz CT molecular complexity index is 852. The normalized spacial score (nSPS) is 10.2. The van der Waals surface area contributed by atoms with Gasteiger partial charge in [-0.05, 0) is 59.2 Å². The number of aryl methyl sites for hydroxylation is 2. The van der Waals surface area contributed by atoms with Crippen LogP contribution < -0.4 is 10.6 Å². The fourth-order valence-corrected chi connectivity index (χ4v) is 3.10. The van der Waals surface area contributed by atoms with Gasteiger partial charge < -0.3 is 15.4 Å². The molecule has 0 fully saturated rings. The molecule has 2 amide bonds. The number of hydrogen-bond donors (Lipinski definition) is 2. The highest BCUT2D eigenvalue weighted by Gasteiger charge is 2.14. The second kappa shape index (κ2) is 10.1. The van der Waals surface area contributed by atoms with Gasteiger partial charge in [-0.2, -0.15) is 0 Å². The molecule has 0 unspecified atom stereocenters. The van der Waals surface area contributed by atoms with E-state index in [1.807, 2.05) is 60.7 Å². The summed E-state index contributed by atoms with van der Waals surface area (Å²) < 4.78 is 5.72. The van der Waals surface area contributed by atoms with Gasteiger partial charge in [0.15, 0.2) is 6.61 Å². The number of nitrogens with one attached hydrogen (secondary N) is 2. The van der Waals surface area contributed by atoms with E-state index >= 15 is 0 Å². The Morgan fingerprint density at radius 1 is 1.07 bits per heavy atom. The van der Waals surface area contributed by atoms with Crippen molar-refractivity contribution >= 4 is 46.1 Å². The number of halogens is 1. The fourth-order valence-electron chi connectivity index (χ4n) is 2.47. The summed E-state index contributed by atoms with van der Waals surface area (Å²) >= 11 is 2.05. The van der Waals surface area contributed by atoms with E-state index in [9.17, 15) is 14.4 Å². The van der Waals surface area contributed by atoms with Crippen molar-refractivity contribution in [1.29, 1.82) is 0 Å². The van der Waals surface area contributed by atoms with Crippen LogP contribution in [0.4, 0.5) is 5.69 Å². The number of para-hydroxylation sites is 1. The molecule has 0 saturated heterocycles. The molecule has 0 bridgehead atoms. The summed E-state index contributed by atoms with van der Waals surface area (Å²) in [7, 11) is 0. The van der Waals surface area contributed by atoms with Gasteiger partial charge in [-0.3, -0.25) is 14.4 Å².